The number of hydrogen-bond donors (Lipinski definition) is 1. The number of benzene rings is 4. The molecule has 4 aromatic rings. The summed E-state index contributed by atoms with van der Waals surface area (Å²) in [7, 11) is -2.27. The van der Waals surface area contributed by atoms with E-state index in [2.05, 4.69) is 6.07 Å². The van der Waals surface area contributed by atoms with Crippen molar-refractivity contribution >= 4 is 27.6 Å². The molecule has 300 valence electrons. The average Bonchev–Trinajstić information content (AvgIpc) is 3.98. The van der Waals surface area contributed by atoms with Crippen LogP contribution in [0.2, 0.25) is 0 Å². The van der Waals surface area contributed by atoms with Crippen molar-refractivity contribution < 1.29 is 54.2 Å². The number of nitrogens with zero attached hydrogens (tertiary/aromatic N) is 3. The van der Waals surface area contributed by atoms with Gasteiger partial charge in [-0.15, -0.1) is 0 Å². The number of carboxylic acids is 1. The van der Waals surface area contributed by atoms with Crippen LogP contribution in [0, 0.1) is 34.9 Å². The van der Waals surface area contributed by atoms with Crippen molar-refractivity contribution in [3.63, 3.8) is 0 Å². The van der Waals surface area contributed by atoms with Crippen LogP contribution in [-0.4, -0.2) is 68.4 Å². The lowest BCUT2D eigenvalue weighted by atomic mass is 9.84. The Morgan fingerprint density at radius 1 is 0.839 bits per heavy atom. The number of amides is 1. The Kier molecular flexibility index (Phi) is 12.6. The molecule has 0 bridgehead atoms. The van der Waals surface area contributed by atoms with Crippen molar-refractivity contribution in [2.45, 2.75) is 62.9 Å². The first-order chi connectivity index (χ1) is 26.2. The van der Waals surface area contributed by atoms with E-state index in [1.807, 2.05) is 32.9 Å². The van der Waals surface area contributed by atoms with Gasteiger partial charge in [-0.1, -0.05) is 57.2 Å². The number of rotatable bonds is 15. The van der Waals surface area contributed by atoms with Crippen molar-refractivity contribution in [1.29, 1.82) is 0 Å². The number of sulfonamides is 1. The summed E-state index contributed by atoms with van der Waals surface area (Å²) < 4.78 is 122. The largest absolute Gasteiger partial charge is 0.490 e. The van der Waals surface area contributed by atoms with Gasteiger partial charge in [0.25, 0.3) is 0 Å². The van der Waals surface area contributed by atoms with Gasteiger partial charge in [-0.2, -0.15) is 4.31 Å². The molecule has 0 aromatic heterocycles. The zero-order valence-corrected chi connectivity index (χ0v) is 32.1. The molecule has 0 atom stereocenters. The molecule has 16 heteroatoms. The first-order valence-electron chi connectivity index (χ1n) is 17.5. The molecule has 0 radical (unpaired) electrons. The highest BCUT2D eigenvalue weighted by molar-refractivity contribution is 7.89. The fraction of sp³-hybridized carbons (Fsp3) is 0.350. The van der Waals surface area contributed by atoms with E-state index in [0.29, 0.717) is 12.1 Å². The third kappa shape index (κ3) is 9.36. The van der Waals surface area contributed by atoms with Gasteiger partial charge in [0.1, 0.15) is 18.2 Å². The molecule has 1 aliphatic rings. The third-order valence-electron chi connectivity index (χ3n) is 9.25. The second-order valence-corrected chi connectivity index (χ2v) is 16.7. The zero-order chi connectivity index (χ0) is 41.3. The number of ether oxygens (including phenoxy) is 1. The highest BCUT2D eigenvalue weighted by Gasteiger charge is 2.39. The minimum absolute atomic E-state index is 0.0183. The molecule has 4 aromatic carbocycles. The van der Waals surface area contributed by atoms with Crippen LogP contribution >= 0.6 is 0 Å². The van der Waals surface area contributed by atoms with Crippen LogP contribution in [0.4, 0.5) is 32.0 Å². The Morgan fingerprint density at radius 3 is 2.04 bits per heavy atom. The summed E-state index contributed by atoms with van der Waals surface area (Å²) in [6.07, 6.45) is 1.88. The standard InChI is InChI=1S/C40H41F6N3O6S/c1-40(2,3)28-17-23(16-27(18-28)24-10-11-24)20-49(30-13-12-25(39(51)52)19-31(30)55-15-14-47(4)5)32(50)22-48(21-26-8-6-7-9-29(26)41)56(53,54)38-36(45)34(43)33(42)35(44)37(38)46/h6-9,12-13,16-19,24H,10-11,14-15,20-22H2,1-5H3,(H,51,52). The van der Waals surface area contributed by atoms with Gasteiger partial charge in [-0.3, -0.25) is 4.79 Å². The summed E-state index contributed by atoms with van der Waals surface area (Å²) in [5, 5.41) is 9.79. The highest BCUT2D eigenvalue weighted by Crippen LogP contribution is 2.42. The first kappa shape index (κ1) is 42.2. The van der Waals surface area contributed by atoms with Crippen LogP contribution in [0.1, 0.15) is 72.1 Å². The van der Waals surface area contributed by atoms with E-state index < -0.39 is 74.8 Å². The molecule has 0 heterocycles. The molecule has 1 aliphatic carbocycles. The van der Waals surface area contributed by atoms with Gasteiger partial charge < -0.3 is 19.6 Å². The van der Waals surface area contributed by atoms with E-state index >= 15 is 8.78 Å². The molecule has 56 heavy (non-hydrogen) atoms. The Morgan fingerprint density at radius 2 is 1.46 bits per heavy atom. The van der Waals surface area contributed by atoms with Crippen LogP contribution < -0.4 is 9.64 Å². The maximum atomic E-state index is 15.1. The van der Waals surface area contributed by atoms with Crippen LogP contribution in [0.15, 0.2) is 65.6 Å². The van der Waals surface area contributed by atoms with E-state index in [-0.39, 0.29) is 51.4 Å². The highest BCUT2D eigenvalue weighted by atomic mass is 32.2. The molecule has 9 nitrogen and oxygen atoms in total. The van der Waals surface area contributed by atoms with Gasteiger partial charge in [0.2, 0.25) is 21.7 Å². The molecule has 1 N–H and O–H groups in total. The summed E-state index contributed by atoms with van der Waals surface area (Å²) in [4.78, 5) is 27.3. The van der Waals surface area contributed by atoms with Gasteiger partial charge >= 0.3 is 5.97 Å². The van der Waals surface area contributed by atoms with Crippen LogP contribution in [-0.2, 0) is 33.3 Å². The fourth-order valence-electron chi connectivity index (χ4n) is 5.93. The summed E-state index contributed by atoms with van der Waals surface area (Å²) in [5.74, 6) is -16.2. The lowest BCUT2D eigenvalue weighted by Gasteiger charge is -2.30. The van der Waals surface area contributed by atoms with Gasteiger partial charge in [-0.05, 0) is 79.2 Å². The van der Waals surface area contributed by atoms with Gasteiger partial charge in [0, 0.05) is 18.7 Å². The molecular formula is C40H41F6N3O6S. The number of halogens is 6. The maximum absolute atomic E-state index is 15.1. The number of carbonyl (C=O) groups excluding carboxylic acids is 1. The molecular weight excluding hydrogens is 765 g/mol. The quantitative estimate of drug-likeness (QED) is 0.0744. The van der Waals surface area contributed by atoms with E-state index in [1.165, 1.54) is 30.3 Å². The number of anilines is 1. The molecule has 0 aliphatic heterocycles. The Labute approximate surface area is 321 Å². The van der Waals surface area contributed by atoms with Crippen molar-refractivity contribution in [2.24, 2.45) is 0 Å². The summed E-state index contributed by atoms with van der Waals surface area (Å²) in [6, 6.07) is 14.1. The number of likely N-dealkylation sites (N-methyl/N-ethyl adjacent to an activating group) is 1. The second kappa shape index (κ2) is 16.7. The van der Waals surface area contributed by atoms with Crippen molar-refractivity contribution in [3.05, 3.63) is 123 Å². The second-order valence-electron chi connectivity index (χ2n) is 14.9. The van der Waals surface area contributed by atoms with E-state index in [9.17, 15) is 40.7 Å². The summed E-state index contributed by atoms with van der Waals surface area (Å²) in [6.45, 7) is 3.73. The average molecular weight is 806 g/mol. The predicted molar refractivity (Wildman–Crippen MR) is 196 cm³/mol. The summed E-state index contributed by atoms with van der Waals surface area (Å²) >= 11 is 0. The smallest absolute Gasteiger partial charge is 0.335 e. The summed E-state index contributed by atoms with van der Waals surface area (Å²) in [5.41, 5.74) is 1.54. The zero-order valence-electron chi connectivity index (χ0n) is 31.3. The Hall–Kier alpha value is -4.93. The molecule has 1 saturated carbocycles. The van der Waals surface area contributed by atoms with E-state index in [4.69, 9.17) is 4.74 Å². The molecule has 5 rings (SSSR count). The molecule has 0 saturated heterocycles. The lowest BCUT2D eigenvalue weighted by molar-refractivity contribution is -0.119. The third-order valence-corrected chi connectivity index (χ3v) is 11.1. The Bertz CT molecular complexity index is 2230. The predicted octanol–water partition coefficient (Wildman–Crippen LogP) is 7.76. The van der Waals surface area contributed by atoms with Crippen LogP contribution in [0.25, 0.3) is 0 Å². The van der Waals surface area contributed by atoms with Gasteiger partial charge in [0.15, 0.2) is 28.2 Å². The van der Waals surface area contributed by atoms with Crippen LogP contribution in [0.5, 0.6) is 5.75 Å². The lowest BCUT2D eigenvalue weighted by Crippen LogP contribution is -2.43. The minimum Gasteiger partial charge on any atom is -0.490 e. The van der Waals surface area contributed by atoms with Crippen molar-refractivity contribution in [2.75, 3.05) is 38.7 Å². The van der Waals surface area contributed by atoms with Crippen molar-refractivity contribution in [1.82, 2.24) is 9.21 Å². The maximum Gasteiger partial charge on any atom is 0.335 e. The Balaban J connectivity index is 1.69. The monoisotopic (exact) mass is 805 g/mol. The van der Waals surface area contributed by atoms with Crippen LogP contribution in [0.3, 0.4) is 0 Å². The van der Waals surface area contributed by atoms with E-state index in [1.54, 1.807) is 19.0 Å². The number of carboxylic acid groups (broad SMARTS) is 1. The van der Waals surface area contributed by atoms with Gasteiger partial charge in [-0.25, -0.2) is 39.6 Å². The molecule has 1 fully saturated rings. The van der Waals surface area contributed by atoms with Gasteiger partial charge in [0.05, 0.1) is 24.3 Å². The van der Waals surface area contributed by atoms with E-state index in [0.717, 1.165) is 41.0 Å². The first-order valence-corrected chi connectivity index (χ1v) is 19.0. The number of hydrogen-bond acceptors (Lipinski definition) is 6. The molecule has 1 amide bonds. The fourth-order valence-corrected chi connectivity index (χ4v) is 7.41. The SMILES string of the molecule is CN(C)CCOc1cc(C(=O)O)ccc1N(Cc1cc(C2CC2)cc(C(C)(C)C)c1)C(=O)CN(Cc1ccccc1F)S(=O)(=O)c1c(F)c(F)c(F)c(F)c1F. The topological polar surface area (TPSA) is 107 Å². The molecule has 0 spiro atoms. The number of aromatic carboxylic acids is 1. The molecule has 0 unspecified atom stereocenters. The normalized spacial score (nSPS) is 13.4. The van der Waals surface area contributed by atoms with Crippen molar-refractivity contribution in [3.8, 4) is 5.75 Å². The minimum atomic E-state index is -5.80. The number of carbonyl (C=O) groups is 2.